The van der Waals surface area contributed by atoms with E-state index >= 15 is 4.39 Å². The lowest BCUT2D eigenvalue weighted by atomic mass is 9.99. The average Bonchev–Trinajstić information content (AvgIpc) is 3.41. The quantitative estimate of drug-likeness (QED) is 0.228. The van der Waals surface area contributed by atoms with Gasteiger partial charge in [0.1, 0.15) is 34.6 Å². The van der Waals surface area contributed by atoms with Crippen molar-refractivity contribution in [1.82, 2.24) is 8.75 Å². The molecule has 178 valence electrons. The molecule has 0 spiro atoms. The van der Waals surface area contributed by atoms with Crippen molar-refractivity contribution in [3.63, 3.8) is 0 Å². The van der Waals surface area contributed by atoms with Crippen LogP contribution < -0.4 is 4.90 Å². The molecule has 5 rings (SSSR count). The van der Waals surface area contributed by atoms with Gasteiger partial charge >= 0.3 is 0 Å². The number of halogens is 1. The Morgan fingerprint density at radius 1 is 0.811 bits per heavy atom. The molecule has 0 atom stereocenters. The lowest BCUT2D eigenvalue weighted by Gasteiger charge is -2.26. The van der Waals surface area contributed by atoms with Crippen molar-refractivity contribution in [2.75, 3.05) is 4.90 Å². The molecule has 0 fully saturated rings. The molecular weight excluding hydrogens is 481 g/mol. The lowest BCUT2D eigenvalue weighted by Crippen LogP contribution is -2.11. The Hall–Kier alpha value is -4.85. The minimum atomic E-state index is -0.379. The van der Waals surface area contributed by atoms with Crippen LogP contribution in [0, 0.1) is 42.3 Å². The number of allylic oxidation sites excluding steroid dienone is 1. The first-order valence-corrected chi connectivity index (χ1v) is 12.2. The van der Waals surface area contributed by atoms with E-state index < -0.39 is 0 Å². The van der Waals surface area contributed by atoms with Crippen LogP contribution in [0.2, 0.25) is 0 Å². The number of aromatic nitrogens is 2. The van der Waals surface area contributed by atoms with Crippen LogP contribution in [0.3, 0.4) is 0 Å². The zero-order valence-corrected chi connectivity index (χ0v) is 20.9. The van der Waals surface area contributed by atoms with Crippen LogP contribution in [-0.2, 0) is 0 Å². The summed E-state index contributed by atoms with van der Waals surface area (Å²) in [6.07, 6.45) is 1.48. The van der Waals surface area contributed by atoms with Crippen LogP contribution in [0.25, 0.3) is 28.2 Å². The zero-order chi connectivity index (χ0) is 25.9. The summed E-state index contributed by atoms with van der Waals surface area (Å²) in [5.74, 6) is -0.379. The first-order chi connectivity index (χ1) is 18.0. The summed E-state index contributed by atoms with van der Waals surface area (Å²) in [5, 5.41) is 18.2. The van der Waals surface area contributed by atoms with Gasteiger partial charge in [0.15, 0.2) is 0 Å². The summed E-state index contributed by atoms with van der Waals surface area (Å²) in [7, 11) is 0. The molecule has 0 unspecified atom stereocenters. The Morgan fingerprint density at radius 2 is 1.41 bits per heavy atom. The van der Waals surface area contributed by atoms with E-state index in [1.54, 1.807) is 12.1 Å². The van der Waals surface area contributed by atoms with Gasteiger partial charge in [-0.3, -0.25) is 0 Å². The molecule has 0 aliphatic rings. The van der Waals surface area contributed by atoms with Crippen molar-refractivity contribution in [3.05, 3.63) is 107 Å². The first-order valence-electron chi connectivity index (χ1n) is 11.5. The number of nitrogens with zero attached hydrogens (tertiary/aromatic N) is 5. The molecule has 0 N–H and O–H groups in total. The zero-order valence-electron chi connectivity index (χ0n) is 20.1. The van der Waals surface area contributed by atoms with Gasteiger partial charge in [-0.25, -0.2) is 4.39 Å². The lowest BCUT2D eigenvalue weighted by molar-refractivity contribution is 0.629. The van der Waals surface area contributed by atoms with Gasteiger partial charge in [0.25, 0.3) is 0 Å². The van der Waals surface area contributed by atoms with Crippen LogP contribution in [0.1, 0.15) is 16.7 Å². The minimum Gasteiger partial charge on any atom is -0.308 e. The molecule has 1 heterocycles. The third-order valence-electron chi connectivity index (χ3n) is 6.07. The molecule has 0 amide bonds. The minimum absolute atomic E-state index is 0.0234. The van der Waals surface area contributed by atoms with Gasteiger partial charge < -0.3 is 4.90 Å². The normalized spacial score (nSPS) is 10.5. The molecule has 0 radical (unpaired) electrons. The third-order valence-corrected chi connectivity index (χ3v) is 6.60. The molecule has 7 heteroatoms. The van der Waals surface area contributed by atoms with Gasteiger partial charge in [-0.1, -0.05) is 53.6 Å². The van der Waals surface area contributed by atoms with Gasteiger partial charge in [0.05, 0.1) is 17.4 Å². The SMILES string of the molecule is Cc1ccc(N(c2ccc(C)cc2)c2ccc(-c3ccc(C=C(C#N)C#N)c4nsnc34)cc2F)cc1. The molecule has 0 saturated carbocycles. The van der Waals surface area contributed by atoms with Crippen molar-refractivity contribution in [1.29, 1.82) is 10.5 Å². The smallest absolute Gasteiger partial charge is 0.147 e. The highest BCUT2D eigenvalue weighted by molar-refractivity contribution is 7.00. The first kappa shape index (κ1) is 23.9. The maximum absolute atomic E-state index is 15.8. The molecule has 1 aromatic heterocycles. The maximum Gasteiger partial charge on any atom is 0.147 e. The molecule has 37 heavy (non-hydrogen) atoms. The Morgan fingerprint density at radius 3 is 1.97 bits per heavy atom. The fourth-order valence-corrected chi connectivity index (χ4v) is 4.73. The monoisotopic (exact) mass is 501 g/mol. The second-order valence-corrected chi connectivity index (χ2v) is 9.15. The highest BCUT2D eigenvalue weighted by Crippen LogP contribution is 2.39. The molecule has 5 nitrogen and oxygen atoms in total. The molecule has 0 aliphatic carbocycles. The molecule has 0 saturated heterocycles. The average molecular weight is 502 g/mol. The van der Waals surface area contributed by atoms with E-state index in [1.807, 2.05) is 91.5 Å². The maximum atomic E-state index is 15.8. The number of anilines is 3. The Labute approximate surface area is 218 Å². The summed E-state index contributed by atoms with van der Waals surface area (Å²) < 4.78 is 24.6. The number of fused-ring (bicyclic) bond motifs is 1. The van der Waals surface area contributed by atoms with Crippen LogP contribution >= 0.6 is 11.7 Å². The molecule has 0 aliphatic heterocycles. The van der Waals surface area contributed by atoms with Crippen LogP contribution in [-0.4, -0.2) is 8.75 Å². The summed E-state index contributed by atoms with van der Waals surface area (Å²) in [6.45, 7) is 4.04. The van der Waals surface area contributed by atoms with Crippen LogP contribution in [0.4, 0.5) is 21.5 Å². The van der Waals surface area contributed by atoms with E-state index in [9.17, 15) is 0 Å². The number of rotatable bonds is 5. The summed E-state index contributed by atoms with van der Waals surface area (Å²) in [4.78, 5) is 1.90. The summed E-state index contributed by atoms with van der Waals surface area (Å²) >= 11 is 1.03. The number of benzene rings is 4. The van der Waals surface area contributed by atoms with E-state index in [2.05, 4.69) is 8.75 Å². The second kappa shape index (κ2) is 10.0. The van der Waals surface area contributed by atoms with E-state index in [1.165, 1.54) is 12.1 Å². The van der Waals surface area contributed by atoms with Crippen molar-refractivity contribution in [2.45, 2.75) is 13.8 Å². The largest absolute Gasteiger partial charge is 0.308 e. The number of hydrogen-bond donors (Lipinski definition) is 0. The summed E-state index contributed by atoms with van der Waals surface area (Å²) in [6, 6.07) is 28.4. The van der Waals surface area contributed by atoms with Crippen molar-refractivity contribution in [2.24, 2.45) is 0 Å². The van der Waals surface area contributed by atoms with E-state index in [4.69, 9.17) is 10.5 Å². The predicted molar refractivity (Wildman–Crippen MR) is 146 cm³/mol. The van der Waals surface area contributed by atoms with Crippen LogP contribution in [0.5, 0.6) is 0 Å². The van der Waals surface area contributed by atoms with Gasteiger partial charge in [0, 0.05) is 22.5 Å². The van der Waals surface area contributed by atoms with E-state index in [0.29, 0.717) is 27.8 Å². The predicted octanol–water partition coefficient (Wildman–Crippen LogP) is 8.01. The van der Waals surface area contributed by atoms with Gasteiger partial charge in [-0.05, 0) is 61.9 Å². The van der Waals surface area contributed by atoms with Crippen LogP contribution in [0.15, 0.2) is 84.4 Å². The fourth-order valence-electron chi connectivity index (χ4n) is 4.15. The van der Waals surface area contributed by atoms with E-state index in [-0.39, 0.29) is 11.4 Å². The molecule has 5 aromatic rings. The standard InChI is InChI=1S/C30H20FN5S/c1-19-3-9-24(10-4-19)36(25-11-5-20(2)6-12-25)28-14-8-22(16-27(28)31)26-13-7-23(15-21(17-32)18-33)29-30(26)35-37-34-29/h3-16H,1-2H3. The summed E-state index contributed by atoms with van der Waals surface area (Å²) in [5.41, 5.74) is 7.52. The second-order valence-electron chi connectivity index (χ2n) is 8.62. The van der Waals surface area contributed by atoms with Gasteiger partial charge in [0.2, 0.25) is 0 Å². The Bertz CT molecular complexity index is 1660. The fraction of sp³-hybridized carbons (Fsp3) is 0.0667. The van der Waals surface area contributed by atoms with E-state index in [0.717, 1.165) is 39.8 Å². The highest BCUT2D eigenvalue weighted by Gasteiger charge is 2.19. The molecule has 0 bridgehead atoms. The third kappa shape index (κ3) is 4.69. The molecule has 4 aromatic carbocycles. The van der Waals surface area contributed by atoms with Crippen molar-refractivity contribution in [3.8, 4) is 23.3 Å². The molecular formula is C30H20FN5S. The Balaban J connectivity index is 1.61. The van der Waals surface area contributed by atoms with Gasteiger partial charge in [-0.15, -0.1) is 0 Å². The number of nitriles is 2. The number of aryl methyl sites for hydroxylation is 2. The Kier molecular flexibility index (Phi) is 6.47. The number of hydrogen-bond acceptors (Lipinski definition) is 6. The van der Waals surface area contributed by atoms with Gasteiger partial charge in [-0.2, -0.15) is 19.3 Å². The van der Waals surface area contributed by atoms with Crippen molar-refractivity contribution >= 4 is 45.9 Å². The van der Waals surface area contributed by atoms with Crippen molar-refractivity contribution < 1.29 is 4.39 Å². The topological polar surface area (TPSA) is 76.6 Å². The highest BCUT2D eigenvalue weighted by atomic mass is 32.1.